The monoisotopic (exact) mass is 175 g/mol. The molecule has 0 aromatic heterocycles. The molecule has 1 aliphatic rings. The van der Waals surface area contributed by atoms with Gasteiger partial charge in [-0.1, -0.05) is 0 Å². The van der Waals surface area contributed by atoms with E-state index in [0.29, 0.717) is 11.8 Å². The van der Waals surface area contributed by atoms with Gasteiger partial charge in [-0.15, -0.1) is 0 Å². The van der Waals surface area contributed by atoms with E-state index in [1.54, 1.807) is 0 Å². The predicted octanol–water partition coefficient (Wildman–Crippen LogP) is -0.489. The van der Waals surface area contributed by atoms with Crippen LogP contribution in [0.4, 0.5) is 4.79 Å². The van der Waals surface area contributed by atoms with Crippen LogP contribution in [0.1, 0.15) is 0 Å². The van der Waals surface area contributed by atoms with Crippen LogP contribution in [0.3, 0.4) is 0 Å². The highest BCUT2D eigenvalue weighted by molar-refractivity contribution is 8.16. The summed E-state index contributed by atoms with van der Waals surface area (Å²) in [6.45, 7) is 0. The molecule has 2 amide bonds. The number of carbonyl (C=O) groups is 3. The number of thioether (sulfide) groups is 1. The molecule has 0 spiro atoms. The number of imide groups is 1. The van der Waals surface area contributed by atoms with Crippen molar-refractivity contribution in [2.75, 3.05) is 7.11 Å². The summed E-state index contributed by atoms with van der Waals surface area (Å²) in [7, 11) is 1.17. The SMILES string of the molecule is COC(=O)C1SC(=O)NC1=O. The number of ether oxygens (including phenoxy) is 1. The van der Waals surface area contributed by atoms with Gasteiger partial charge in [-0.2, -0.15) is 0 Å². The van der Waals surface area contributed by atoms with Crippen LogP contribution in [-0.2, 0) is 14.3 Å². The maximum Gasteiger partial charge on any atom is 0.329 e. The van der Waals surface area contributed by atoms with Gasteiger partial charge in [0.15, 0.2) is 5.25 Å². The minimum absolute atomic E-state index is 0.509. The van der Waals surface area contributed by atoms with E-state index in [-0.39, 0.29) is 0 Å². The van der Waals surface area contributed by atoms with Gasteiger partial charge >= 0.3 is 5.97 Å². The molecule has 1 atom stereocenters. The van der Waals surface area contributed by atoms with E-state index in [4.69, 9.17) is 0 Å². The normalized spacial score (nSPS) is 23.2. The zero-order valence-electron chi connectivity index (χ0n) is 5.62. The fourth-order valence-corrected chi connectivity index (χ4v) is 1.35. The highest BCUT2D eigenvalue weighted by Gasteiger charge is 2.38. The summed E-state index contributed by atoms with van der Waals surface area (Å²) in [5.74, 6) is -1.30. The Labute approximate surface area is 66.5 Å². The van der Waals surface area contributed by atoms with E-state index in [9.17, 15) is 14.4 Å². The van der Waals surface area contributed by atoms with E-state index in [2.05, 4.69) is 4.74 Å². The first-order chi connectivity index (χ1) is 5.15. The van der Waals surface area contributed by atoms with Gasteiger partial charge < -0.3 is 4.74 Å². The first-order valence-corrected chi connectivity index (χ1v) is 3.62. The Balaban J connectivity index is 2.67. The standard InChI is InChI=1S/C5H5NO4S/c1-10-4(8)2-3(7)6-5(9)11-2/h2H,1H3,(H,6,7,9). The summed E-state index contributed by atoms with van der Waals surface area (Å²) in [6.07, 6.45) is 0. The Morgan fingerprint density at radius 2 is 2.27 bits per heavy atom. The van der Waals surface area contributed by atoms with Crippen molar-refractivity contribution in [3.63, 3.8) is 0 Å². The highest BCUT2D eigenvalue weighted by Crippen LogP contribution is 2.19. The van der Waals surface area contributed by atoms with E-state index in [0.717, 1.165) is 0 Å². The number of esters is 1. The molecule has 60 valence electrons. The van der Waals surface area contributed by atoms with Gasteiger partial charge in [0, 0.05) is 0 Å². The zero-order chi connectivity index (χ0) is 8.43. The Kier molecular flexibility index (Phi) is 2.13. The molecule has 1 saturated heterocycles. The third-order valence-corrected chi connectivity index (χ3v) is 2.06. The average molecular weight is 175 g/mol. The lowest BCUT2D eigenvalue weighted by atomic mass is 10.4. The fourth-order valence-electron chi connectivity index (χ4n) is 0.618. The number of carbonyl (C=O) groups excluding carboxylic acids is 3. The van der Waals surface area contributed by atoms with Crippen LogP contribution in [0.5, 0.6) is 0 Å². The topological polar surface area (TPSA) is 72.5 Å². The highest BCUT2D eigenvalue weighted by atomic mass is 32.2. The largest absolute Gasteiger partial charge is 0.468 e. The summed E-state index contributed by atoms with van der Waals surface area (Å²) in [4.78, 5) is 32.0. The van der Waals surface area contributed by atoms with Crippen molar-refractivity contribution in [1.82, 2.24) is 5.32 Å². The van der Waals surface area contributed by atoms with Crippen LogP contribution in [0, 0.1) is 0 Å². The molecule has 1 fully saturated rings. The Hall–Kier alpha value is -1.04. The molecular weight excluding hydrogens is 170 g/mol. The molecule has 1 aliphatic heterocycles. The molecule has 1 rings (SSSR count). The van der Waals surface area contributed by atoms with Gasteiger partial charge in [-0.3, -0.25) is 19.7 Å². The van der Waals surface area contributed by atoms with Gasteiger partial charge in [-0.25, -0.2) is 0 Å². The molecule has 11 heavy (non-hydrogen) atoms. The zero-order valence-corrected chi connectivity index (χ0v) is 6.44. The molecule has 0 radical (unpaired) electrons. The van der Waals surface area contributed by atoms with Crippen molar-refractivity contribution in [3.8, 4) is 0 Å². The Morgan fingerprint density at radius 3 is 2.64 bits per heavy atom. The number of nitrogens with one attached hydrogen (secondary N) is 1. The maximum atomic E-state index is 10.7. The second kappa shape index (κ2) is 2.91. The molecule has 6 heteroatoms. The van der Waals surface area contributed by atoms with Gasteiger partial charge in [0.2, 0.25) is 0 Å². The first kappa shape index (κ1) is 8.06. The van der Waals surface area contributed by atoms with E-state index >= 15 is 0 Å². The molecule has 0 saturated carbocycles. The summed E-state index contributed by atoms with van der Waals surface area (Å²) in [5, 5.41) is 0.437. The lowest BCUT2D eigenvalue weighted by Gasteiger charge is -1.99. The third kappa shape index (κ3) is 1.51. The van der Waals surface area contributed by atoms with Crippen LogP contribution in [0.25, 0.3) is 0 Å². The van der Waals surface area contributed by atoms with Gasteiger partial charge in [0.1, 0.15) is 0 Å². The summed E-state index contributed by atoms with van der Waals surface area (Å²) < 4.78 is 4.28. The van der Waals surface area contributed by atoms with Gasteiger partial charge in [0.25, 0.3) is 11.1 Å². The molecule has 1 N–H and O–H groups in total. The molecule has 0 aromatic carbocycles. The number of hydrogen-bond donors (Lipinski definition) is 1. The van der Waals surface area contributed by atoms with Crippen LogP contribution in [0.15, 0.2) is 0 Å². The van der Waals surface area contributed by atoms with E-state index in [1.807, 2.05) is 5.32 Å². The number of methoxy groups -OCH3 is 1. The first-order valence-electron chi connectivity index (χ1n) is 2.74. The fraction of sp³-hybridized carbons (Fsp3) is 0.400. The maximum absolute atomic E-state index is 10.7. The molecule has 0 aliphatic carbocycles. The van der Waals surface area contributed by atoms with Crippen LogP contribution < -0.4 is 5.32 Å². The minimum atomic E-state index is -1.02. The summed E-state index contributed by atoms with van der Waals surface area (Å²) in [6, 6.07) is 0. The smallest absolute Gasteiger partial charge is 0.329 e. The minimum Gasteiger partial charge on any atom is -0.468 e. The number of rotatable bonds is 1. The Morgan fingerprint density at radius 1 is 1.64 bits per heavy atom. The van der Waals surface area contributed by atoms with Crippen molar-refractivity contribution >= 4 is 28.9 Å². The molecule has 0 bridgehead atoms. The second-order valence-electron chi connectivity index (χ2n) is 1.80. The van der Waals surface area contributed by atoms with E-state index < -0.39 is 22.4 Å². The molecule has 1 heterocycles. The van der Waals surface area contributed by atoms with Crippen LogP contribution >= 0.6 is 11.8 Å². The molecule has 5 nitrogen and oxygen atoms in total. The summed E-state index contributed by atoms with van der Waals surface area (Å²) in [5.41, 5.74) is 0. The van der Waals surface area contributed by atoms with Crippen molar-refractivity contribution in [2.45, 2.75) is 5.25 Å². The van der Waals surface area contributed by atoms with Gasteiger partial charge in [-0.05, 0) is 11.8 Å². The molecule has 0 aromatic rings. The van der Waals surface area contributed by atoms with Crippen molar-refractivity contribution < 1.29 is 19.1 Å². The summed E-state index contributed by atoms with van der Waals surface area (Å²) >= 11 is 0.632. The average Bonchev–Trinajstić information content (AvgIpc) is 2.28. The van der Waals surface area contributed by atoms with Gasteiger partial charge in [0.05, 0.1) is 7.11 Å². The van der Waals surface area contributed by atoms with Crippen LogP contribution in [-0.4, -0.2) is 29.5 Å². The van der Waals surface area contributed by atoms with Crippen molar-refractivity contribution in [3.05, 3.63) is 0 Å². The van der Waals surface area contributed by atoms with E-state index in [1.165, 1.54) is 7.11 Å². The molecule has 1 unspecified atom stereocenters. The Bertz CT molecular complexity index is 227. The number of amides is 2. The number of hydrogen-bond acceptors (Lipinski definition) is 5. The lowest BCUT2D eigenvalue weighted by Crippen LogP contribution is -2.30. The second-order valence-corrected chi connectivity index (χ2v) is 2.88. The van der Waals surface area contributed by atoms with Crippen molar-refractivity contribution in [1.29, 1.82) is 0 Å². The van der Waals surface area contributed by atoms with Crippen LogP contribution in [0.2, 0.25) is 0 Å². The third-order valence-electron chi connectivity index (χ3n) is 1.10. The lowest BCUT2D eigenvalue weighted by molar-refractivity contribution is -0.142. The quantitative estimate of drug-likeness (QED) is 0.430. The molecular formula is C5H5NO4S. The van der Waals surface area contributed by atoms with Crippen molar-refractivity contribution in [2.24, 2.45) is 0 Å². The predicted molar refractivity (Wildman–Crippen MR) is 36.9 cm³/mol.